The van der Waals surface area contributed by atoms with Crippen molar-refractivity contribution in [1.29, 1.82) is 0 Å². The number of rotatable bonds is 16. The Bertz CT molecular complexity index is 4560. The molecule has 0 aliphatic heterocycles. The number of nitrogens with one attached hydrogen (secondary N) is 2. The Labute approximate surface area is 525 Å². The summed E-state index contributed by atoms with van der Waals surface area (Å²) >= 11 is 0. The van der Waals surface area contributed by atoms with Gasteiger partial charge in [0.15, 0.2) is 0 Å². The minimum absolute atomic E-state index is 0.159. The van der Waals surface area contributed by atoms with Crippen LogP contribution in [0.3, 0.4) is 0 Å². The van der Waals surface area contributed by atoms with Crippen molar-refractivity contribution in [3.8, 4) is 23.7 Å². The van der Waals surface area contributed by atoms with Crippen LogP contribution in [0.2, 0.25) is 0 Å². The second kappa shape index (κ2) is 30.3. The van der Waals surface area contributed by atoms with E-state index in [1.54, 1.807) is 115 Å². The number of aliphatic imine (C=N–C) groups is 2. The van der Waals surface area contributed by atoms with E-state index in [2.05, 4.69) is 54.3 Å². The lowest BCUT2D eigenvalue weighted by Crippen LogP contribution is -2.07. The predicted octanol–water partition coefficient (Wildman–Crippen LogP) is 13.3. The number of benzene rings is 8. The Balaban J connectivity index is 0.000000165. The van der Waals surface area contributed by atoms with Crippen LogP contribution < -0.4 is 10.6 Å². The lowest BCUT2D eigenvalue weighted by molar-refractivity contribution is 0.0686. The molecule has 19 heteroatoms. The zero-order valence-electron chi connectivity index (χ0n) is 48.3. The molecule has 8 aromatic carbocycles. The molecule has 19 nitrogen and oxygen atoms in total. The van der Waals surface area contributed by atoms with Crippen LogP contribution in [-0.4, -0.2) is 93.8 Å². The van der Waals surface area contributed by atoms with Crippen LogP contribution in [-0.2, 0) is 13.1 Å². The normalized spacial score (nSPS) is 10.5. The highest BCUT2D eigenvalue weighted by molar-refractivity contribution is 5.95. The Hall–Kier alpha value is -13.4. The summed E-state index contributed by atoms with van der Waals surface area (Å²) in [7, 11) is 0. The molecule has 0 saturated carbocycles. The van der Waals surface area contributed by atoms with E-state index < -0.39 is 35.8 Å². The fourth-order valence-electron chi connectivity index (χ4n) is 8.71. The molecule has 0 atom stereocenters. The number of hydrogen-bond acceptors (Lipinski definition) is 13. The van der Waals surface area contributed by atoms with Crippen molar-refractivity contribution in [2.24, 2.45) is 9.98 Å². The van der Waals surface area contributed by atoms with Gasteiger partial charge < -0.3 is 41.3 Å². The molecule has 0 spiro atoms. The number of aromatic carboxylic acids is 6. The monoisotopic (exact) mass is 1220 g/mol. The molecule has 0 amide bonds. The Morgan fingerprint density at radius 2 is 0.674 bits per heavy atom. The number of hydrogen-bond donors (Lipinski definition) is 8. The van der Waals surface area contributed by atoms with E-state index >= 15 is 0 Å². The third-order valence-corrected chi connectivity index (χ3v) is 13.2. The van der Waals surface area contributed by atoms with Crippen LogP contribution in [0.4, 0.5) is 22.7 Å². The van der Waals surface area contributed by atoms with E-state index in [1.807, 2.05) is 60.7 Å². The molecule has 0 fully saturated rings. The van der Waals surface area contributed by atoms with E-state index in [-0.39, 0.29) is 33.4 Å². The van der Waals surface area contributed by atoms with E-state index in [0.717, 1.165) is 44.3 Å². The summed E-state index contributed by atoms with van der Waals surface area (Å²) in [5, 5.41) is 62.6. The topological polar surface area (TPSA) is 311 Å². The fourth-order valence-corrected chi connectivity index (χ4v) is 8.71. The summed E-state index contributed by atoms with van der Waals surface area (Å²) in [6.45, 7) is 0.900. The van der Waals surface area contributed by atoms with Gasteiger partial charge in [0, 0.05) is 44.4 Å². The highest BCUT2D eigenvalue weighted by Crippen LogP contribution is 2.23. The van der Waals surface area contributed by atoms with E-state index in [9.17, 15) is 28.8 Å². The summed E-state index contributed by atoms with van der Waals surface area (Å²) in [5.74, 6) is 6.29. The first kappa shape index (κ1) is 63.1. The zero-order valence-corrected chi connectivity index (χ0v) is 48.3. The van der Waals surface area contributed by atoms with Crippen LogP contribution in [0.5, 0.6) is 0 Å². The summed E-state index contributed by atoms with van der Waals surface area (Å²) in [6, 6.07) is 63.3. The van der Waals surface area contributed by atoms with Crippen LogP contribution in [0.25, 0.3) is 21.8 Å². The quantitative estimate of drug-likeness (QED) is 0.0253. The van der Waals surface area contributed by atoms with Gasteiger partial charge in [0.25, 0.3) is 0 Å². The lowest BCUT2D eigenvalue weighted by Gasteiger charge is -2.10. The van der Waals surface area contributed by atoms with Gasteiger partial charge in [-0.3, -0.25) is 15.0 Å². The highest BCUT2D eigenvalue weighted by Gasteiger charge is 2.10. The van der Waals surface area contributed by atoms with Crippen LogP contribution in [0.1, 0.15) is 107 Å². The number of carbonyl (C=O) groups is 6. The number of carboxylic acids is 6. The molecule has 3 aromatic heterocycles. The number of nitrogens with zero attached hydrogens (tertiary/aromatic N) is 5. The Kier molecular flexibility index (Phi) is 20.8. The van der Waals surface area contributed by atoms with E-state index in [4.69, 9.17) is 35.6 Å². The van der Waals surface area contributed by atoms with Crippen molar-refractivity contribution in [2.45, 2.75) is 13.1 Å². The molecule has 11 aromatic rings. The average molecular weight is 1220 g/mol. The van der Waals surface area contributed by atoms with Crippen LogP contribution >= 0.6 is 0 Å². The summed E-state index contributed by atoms with van der Waals surface area (Å²) in [4.78, 5) is 88.6. The van der Waals surface area contributed by atoms with Gasteiger partial charge in [0.1, 0.15) is 0 Å². The maximum atomic E-state index is 11.2. The summed E-state index contributed by atoms with van der Waals surface area (Å²) in [5.41, 5.74) is 10.8. The van der Waals surface area contributed by atoms with Crippen molar-refractivity contribution in [2.75, 3.05) is 10.6 Å². The fraction of sp³-hybridized carbons (Fsp3) is 0.0274. The third kappa shape index (κ3) is 18.3. The number of pyridine rings is 3. The van der Waals surface area contributed by atoms with Crippen molar-refractivity contribution in [1.82, 2.24) is 15.0 Å². The van der Waals surface area contributed by atoms with E-state index in [0.29, 0.717) is 58.4 Å². The summed E-state index contributed by atoms with van der Waals surface area (Å²) in [6.07, 6.45) is 3.06. The third-order valence-electron chi connectivity index (χ3n) is 13.2. The first-order valence-electron chi connectivity index (χ1n) is 27.8. The van der Waals surface area contributed by atoms with Crippen molar-refractivity contribution in [3.63, 3.8) is 0 Å². The molecule has 0 bridgehead atoms. The Morgan fingerprint density at radius 3 is 1.08 bits per heavy atom. The number of aromatic nitrogens is 3. The molecule has 0 radical (unpaired) electrons. The predicted molar refractivity (Wildman–Crippen MR) is 349 cm³/mol. The molecule has 0 saturated heterocycles. The largest absolute Gasteiger partial charge is 0.478 e. The lowest BCUT2D eigenvalue weighted by atomic mass is 10.1. The average Bonchev–Trinajstić information content (AvgIpc) is 0.876. The minimum atomic E-state index is -1.01. The smallest absolute Gasteiger partial charge is 0.335 e. The summed E-state index contributed by atoms with van der Waals surface area (Å²) < 4.78 is 0. The maximum Gasteiger partial charge on any atom is 0.335 e. The molecule has 450 valence electrons. The molecular formula is C73H51N7O12. The molecule has 0 unspecified atom stereocenters. The first-order valence-corrected chi connectivity index (χ1v) is 27.8. The minimum Gasteiger partial charge on any atom is -0.478 e. The van der Waals surface area contributed by atoms with E-state index in [1.165, 1.54) is 61.0 Å². The van der Waals surface area contributed by atoms with Gasteiger partial charge >= 0.3 is 35.8 Å². The second-order valence-corrected chi connectivity index (χ2v) is 19.9. The molecular weight excluding hydrogens is 1170 g/mol. The van der Waals surface area contributed by atoms with Gasteiger partial charge in [0.05, 0.1) is 104 Å². The maximum absolute atomic E-state index is 11.2. The SMILES string of the molecule is O=C(O)c1cccc(C#Cc2ccc3nc4ccc(C#Cc5cccc(C(=O)O)c5)cc4cc3c2)c1.O=C(O)c1cccc(N=Cc2cccc(C=Nc3cccc(C(=O)O)c3)n2)c1.O=C(O)c1cccc(NCc2cccc(CNc3cccc(C(=O)O)c3)n2)c1. The Morgan fingerprint density at radius 1 is 0.337 bits per heavy atom. The molecule has 0 aliphatic carbocycles. The zero-order chi connectivity index (χ0) is 64.9. The molecule has 0 aliphatic rings. The molecule has 92 heavy (non-hydrogen) atoms. The van der Waals surface area contributed by atoms with Gasteiger partial charge in [-0.25, -0.2) is 38.7 Å². The number of fused-ring (bicyclic) bond motifs is 2. The van der Waals surface area contributed by atoms with Gasteiger partial charge in [-0.1, -0.05) is 72.2 Å². The van der Waals surface area contributed by atoms with Crippen molar-refractivity contribution < 1.29 is 59.4 Å². The standard InChI is InChI=1S/C31H17NO4.C21H19N3O4.C21H15N3O4/c33-30(34)24-5-1-3-20(15-24)7-9-22-11-13-28-26(17-22)19-27-18-23(12-14-29(27)32-28)10-8-21-4-2-6-25(16-21)31(35)36;2*25-20(26)14-4-1-6-16(10-14)22-12-18-8-3-9-19(24-18)13-23-17-7-2-5-15(11-17)21(27)28/h1-6,11-19H,(H,33,34)(H,35,36);1-11,22-23H,12-13H2,(H,25,26)(H,27,28);1-13H,(H,25,26)(H,27,28). The first-order chi connectivity index (χ1) is 44.5. The number of carboxylic acid groups (broad SMARTS) is 6. The van der Waals surface area contributed by atoms with Gasteiger partial charge in [-0.05, 0) is 176 Å². The number of anilines is 2. The van der Waals surface area contributed by atoms with Crippen molar-refractivity contribution >= 4 is 92.8 Å². The van der Waals surface area contributed by atoms with Crippen LogP contribution in [0.15, 0.2) is 234 Å². The van der Waals surface area contributed by atoms with Gasteiger partial charge in [-0.15, -0.1) is 0 Å². The van der Waals surface area contributed by atoms with Crippen LogP contribution in [0, 0.1) is 23.7 Å². The van der Waals surface area contributed by atoms with Gasteiger partial charge in [-0.2, -0.15) is 0 Å². The van der Waals surface area contributed by atoms with Crippen molar-refractivity contribution in [3.05, 3.63) is 303 Å². The second-order valence-electron chi connectivity index (χ2n) is 19.9. The molecule has 11 rings (SSSR count). The molecule has 8 N–H and O–H groups in total. The molecule has 3 heterocycles. The van der Waals surface area contributed by atoms with Gasteiger partial charge in [0.2, 0.25) is 0 Å². The highest BCUT2D eigenvalue weighted by atomic mass is 16.4.